The number of aryl methyl sites for hydroxylation is 2. The lowest BCUT2D eigenvalue weighted by Crippen LogP contribution is -2.29. The third kappa shape index (κ3) is 7.45. The van der Waals surface area contributed by atoms with Gasteiger partial charge in [-0.15, -0.1) is 0 Å². The molecule has 30 heavy (non-hydrogen) atoms. The van der Waals surface area contributed by atoms with E-state index < -0.39 is 20.4 Å². The number of hydrogen-bond donors (Lipinski definition) is 1. The Morgan fingerprint density at radius 2 is 1.50 bits per heavy atom. The monoisotopic (exact) mass is 466 g/mol. The van der Waals surface area contributed by atoms with Crippen molar-refractivity contribution in [1.82, 2.24) is 27.0 Å². The summed E-state index contributed by atoms with van der Waals surface area (Å²) in [5, 5.41) is 16.4. The minimum absolute atomic E-state index is 0.0418. The summed E-state index contributed by atoms with van der Waals surface area (Å²) in [4.78, 5) is 0. The quantitative estimate of drug-likeness (QED) is 0.548. The molecule has 1 aliphatic heterocycles. The van der Waals surface area contributed by atoms with E-state index in [-0.39, 0.29) is 6.61 Å². The van der Waals surface area contributed by atoms with Gasteiger partial charge in [0.05, 0.1) is 25.1 Å². The van der Waals surface area contributed by atoms with Gasteiger partial charge in [-0.05, 0) is 25.0 Å². The molecule has 0 unspecified atom stereocenters. The Morgan fingerprint density at radius 1 is 1.00 bits per heavy atom. The molecule has 0 bridgehead atoms. The normalized spacial score (nSPS) is 13.5. The van der Waals surface area contributed by atoms with Crippen LogP contribution in [0.3, 0.4) is 0 Å². The summed E-state index contributed by atoms with van der Waals surface area (Å²) in [7, 11) is -1.14. The van der Waals surface area contributed by atoms with Crippen molar-refractivity contribution >= 4 is 20.4 Å². The first kappa shape index (κ1) is 26.2. The lowest BCUT2D eigenvalue weighted by atomic mass is 10.2. The lowest BCUT2D eigenvalue weighted by molar-refractivity contribution is 0.297. The first-order chi connectivity index (χ1) is 13.8. The zero-order valence-electron chi connectivity index (χ0n) is 18.0. The van der Waals surface area contributed by atoms with Gasteiger partial charge in [0.15, 0.2) is 0 Å². The molecule has 0 aliphatic carbocycles. The molecule has 0 atom stereocenters. The summed E-state index contributed by atoms with van der Waals surface area (Å²) in [6.07, 6.45) is 4.78. The van der Waals surface area contributed by atoms with Gasteiger partial charge in [0, 0.05) is 53.6 Å². The second-order valence-corrected chi connectivity index (χ2v) is 10.7. The average molecular weight is 467 g/mol. The molecule has 1 aliphatic rings. The number of hydrogen-bond acceptors (Lipinski definition) is 8. The molecule has 3 rings (SSSR count). The van der Waals surface area contributed by atoms with Crippen molar-refractivity contribution in [3.05, 3.63) is 35.4 Å². The van der Waals surface area contributed by atoms with E-state index in [0.717, 1.165) is 41.1 Å². The second kappa shape index (κ2) is 11.0. The van der Waals surface area contributed by atoms with E-state index in [0.29, 0.717) is 12.1 Å². The molecule has 12 nitrogen and oxygen atoms in total. The van der Waals surface area contributed by atoms with Crippen molar-refractivity contribution in [2.24, 2.45) is 0 Å². The molecule has 1 N–H and O–H groups in total. The molecular weight excluding hydrogens is 436 g/mol. The number of aromatic nitrogens is 4. The van der Waals surface area contributed by atoms with Crippen LogP contribution in [0.2, 0.25) is 0 Å². The van der Waals surface area contributed by atoms with E-state index in [4.69, 9.17) is 5.11 Å². The maximum atomic E-state index is 11.7. The Hall–Kier alpha value is -1.84. The summed E-state index contributed by atoms with van der Waals surface area (Å²) in [5.41, 5.74) is 2.18. The molecule has 0 amide bonds. The number of nitrogens with zero attached hydrogens (tertiary/aromatic N) is 6. The standard InChI is InChI=1S/C8H15N3O3S.C6H11N3O2S.C2H4O/c1-7-6-11(9-8(7)4-5-12)15(13,14)10(2)3;1-6-4-7-9(5-6)12(10,11)8(2)3;1-2-3-1/h6,12H,4-5H2,1-3H3;4-5H,1-3H3;1-2H2. The molecule has 1 saturated heterocycles. The number of aliphatic hydroxyl groups excluding tert-OH is 1. The molecule has 0 spiro atoms. The van der Waals surface area contributed by atoms with Crippen LogP contribution in [0.25, 0.3) is 0 Å². The number of epoxide rings is 1. The zero-order valence-corrected chi connectivity index (χ0v) is 19.7. The molecule has 0 saturated carbocycles. The van der Waals surface area contributed by atoms with Crippen LogP contribution in [-0.2, 0) is 31.6 Å². The fourth-order valence-electron chi connectivity index (χ4n) is 1.79. The van der Waals surface area contributed by atoms with E-state index in [1.807, 2.05) is 0 Å². The molecular formula is C16H30N6O6S2. The van der Waals surface area contributed by atoms with Gasteiger partial charge in [-0.25, -0.2) is 0 Å². The summed E-state index contributed by atoms with van der Waals surface area (Å²) in [6, 6.07) is 0. The first-order valence-corrected chi connectivity index (χ1v) is 11.7. The third-order valence-electron chi connectivity index (χ3n) is 3.62. The van der Waals surface area contributed by atoms with Crippen LogP contribution in [0.5, 0.6) is 0 Å². The van der Waals surface area contributed by atoms with Crippen LogP contribution in [0.1, 0.15) is 16.8 Å². The van der Waals surface area contributed by atoms with Crippen molar-refractivity contribution < 1.29 is 26.7 Å². The molecule has 3 heterocycles. The van der Waals surface area contributed by atoms with Gasteiger partial charge in [-0.2, -0.15) is 43.8 Å². The maximum absolute atomic E-state index is 11.7. The second-order valence-electron chi connectivity index (χ2n) is 6.69. The van der Waals surface area contributed by atoms with E-state index in [2.05, 4.69) is 14.9 Å². The maximum Gasteiger partial charge on any atom is 0.322 e. The topological polar surface area (TPSA) is 143 Å². The molecule has 172 valence electrons. The fourth-order valence-corrected chi connectivity index (χ4v) is 3.42. The van der Waals surface area contributed by atoms with Crippen LogP contribution in [0, 0.1) is 13.8 Å². The predicted octanol–water partition coefficient (Wildman–Crippen LogP) is -0.757. The van der Waals surface area contributed by atoms with E-state index >= 15 is 0 Å². The Kier molecular flexibility index (Phi) is 9.58. The SMILES string of the molecule is C1CO1.Cc1cn(S(=O)(=O)N(C)C)nc1CCO.Cc1cnn(S(=O)(=O)N(C)C)c1. The van der Waals surface area contributed by atoms with Crippen molar-refractivity contribution in [3.63, 3.8) is 0 Å². The van der Waals surface area contributed by atoms with Crippen LogP contribution >= 0.6 is 0 Å². The lowest BCUT2D eigenvalue weighted by Gasteiger charge is -2.10. The highest BCUT2D eigenvalue weighted by Gasteiger charge is 2.19. The number of ether oxygens (including phenoxy) is 1. The number of rotatable bonds is 6. The Labute approximate surface area is 178 Å². The zero-order chi connectivity index (χ0) is 23.1. The molecule has 14 heteroatoms. The van der Waals surface area contributed by atoms with Crippen molar-refractivity contribution in [1.29, 1.82) is 0 Å². The van der Waals surface area contributed by atoms with Crippen molar-refractivity contribution in [2.75, 3.05) is 48.0 Å². The van der Waals surface area contributed by atoms with Gasteiger partial charge in [-0.3, -0.25) is 0 Å². The smallest absolute Gasteiger partial charge is 0.322 e. The highest BCUT2D eigenvalue weighted by molar-refractivity contribution is 7.87. The Morgan fingerprint density at radius 3 is 1.87 bits per heavy atom. The molecule has 0 radical (unpaired) electrons. The van der Waals surface area contributed by atoms with Crippen LogP contribution in [0.15, 0.2) is 18.6 Å². The van der Waals surface area contributed by atoms with E-state index in [1.54, 1.807) is 13.8 Å². The van der Waals surface area contributed by atoms with Crippen molar-refractivity contribution in [3.8, 4) is 0 Å². The minimum Gasteiger partial charge on any atom is -0.396 e. The van der Waals surface area contributed by atoms with Crippen molar-refractivity contribution in [2.45, 2.75) is 20.3 Å². The summed E-state index contributed by atoms with van der Waals surface area (Å²) in [5.74, 6) is 0. The van der Waals surface area contributed by atoms with E-state index in [9.17, 15) is 16.8 Å². The predicted molar refractivity (Wildman–Crippen MR) is 112 cm³/mol. The highest BCUT2D eigenvalue weighted by Crippen LogP contribution is 2.09. The van der Waals surface area contributed by atoms with Gasteiger partial charge in [0.2, 0.25) is 0 Å². The number of aliphatic hydroxyl groups is 1. The first-order valence-electron chi connectivity index (χ1n) is 8.95. The van der Waals surface area contributed by atoms with Gasteiger partial charge in [-0.1, -0.05) is 0 Å². The Bertz CT molecular complexity index is 1010. The fraction of sp³-hybridized carbons (Fsp3) is 0.625. The minimum atomic E-state index is -3.54. The van der Waals surface area contributed by atoms with Gasteiger partial charge in [0.1, 0.15) is 0 Å². The summed E-state index contributed by atoms with van der Waals surface area (Å²) in [6.45, 7) is 5.51. The van der Waals surface area contributed by atoms with Gasteiger partial charge < -0.3 is 9.84 Å². The highest BCUT2D eigenvalue weighted by atomic mass is 32.2. The molecule has 1 fully saturated rings. The van der Waals surface area contributed by atoms with Crippen LogP contribution < -0.4 is 0 Å². The Balaban J connectivity index is 0.000000267. The van der Waals surface area contributed by atoms with Gasteiger partial charge >= 0.3 is 20.4 Å². The van der Waals surface area contributed by atoms with Crippen LogP contribution in [0.4, 0.5) is 0 Å². The van der Waals surface area contributed by atoms with Crippen LogP contribution in [-0.4, -0.2) is 96.9 Å². The summed E-state index contributed by atoms with van der Waals surface area (Å²) < 4.78 is 54.6. The largest absolute Gasteiger partial charge is 0.396 e. The summed E-state index contributed by atoms with van der Waals surface area (Å²) >= 11 is 0. The average Bonchev–Trinajstić information content (AvgIpc) is 3.40. The molecule has 2 aromatic rings. The molecule has 0 aromatic carbocycles. The molecule has 2 aromatic heterocycles. The van der Waals surface area contributed by atoms with E-state index in [1.165, 1.54) is 46.8 Å². The van der Waals surface area contributed by atoms with Gasteiger partial charge in [0.25, 0.3) is 0 Å². The third-order valence-corrected chi connectivity index (χ3v) is 6.79.